The number of alkyl halides is 12. The van der Waals surface area contributed by atoms with Gasteiger partial charge in [0.1, 0.15) is 0 Å². The number of rotatable bonds is 10. The number of benzene rings is 15. The van der Waals surface area contributed by atoms with E-state index in [1.807, 2.05) is 133 Å². The molecule has 506 valence electrons. The Kier molecular flexibility index (Phi) is 15.4. The second-order valence-corrected chi connectivity index (χ2v) is 26.0. The maximum atomic E-state index is 13.7. The van der Waals surface area contributed by atoms with Gasteiger partial charge in [0.05, 0.1) is 44.3 Å². The molecule has 0 aliphatic heterocycles. The molecule has 0 saturated carbocycles. The summed E-state index contributed by atoms with van der Waals surface area (Å²) >= 11 is 0. The molecule has 15 aromatic carbocycles. The maximum absolute atomic E-state index is 13.7. The molecule has 0 unspecified atom stereocenters. The highest BCUT2D eigenvalue weighted by atomic mass is 19.4. The van der Waals surface area contributed by atoms with E-state index in [1.165, 1.54) is 48.5 Å². The molecule has 0 bridgehead atoms. The Balaban J connectivity index is 0.757. The summed E-state index contributed by atoms with van der Waals surface area (Å²) in [5.41, 5.74) is 14.8. The van der Waals surface area contributed by atoms with Crippen molar-refractivity contribution in [3.05, 3.63) is 338 Å². The van der Waals surface area contributed by atoms with Gasteiger partial charge in [0.25, 0.3) is 0 Å². The van der Waals surface area contributed by atoms with Gasteiger partial charge in [-0.05, 0) is 244 Å². The molecule has 14 heteroatoms. The minimum Gasteiger partial charge on any atom is -0.309 e. The standard InChI is InChI=1S/C90H52F12N2/c91-87(92,93)67-29-11-53(12-30-67)63-25-43-81-75(47-63)76-48-64(54-13-31-68(32-14-54)88(94,95)96)26-44-82(76)103(81)71-37-19-57(20-38-71)61-24-42-74-79(51-61)85(59-7-3-1-4-8-59)73-41-23-62(52-80(73)86(74)60-9-5-2-6-10-60)58-21-39-72(40-22-58)104-83-45-27-65(55-15-33-69(34-16-55)89(97,98)99)49-77(83)78-50-66(28-46-84(78)104)56-17-35-70(36-18-56)90(100,101)102/h1-52H. The summed E-state index contributed by atoms with van der Waals surface area (Å²) in [5, 5.41) is 7.29. The predicted octanol–water partition coefficient (Wildman–Crippen LogP) is 27.6. The normalized spacial score (nSPS) is 12.4. The third-order valence-corrected chi connectivity index (χ3v) is 19.9. The molecule has 0 aliphatic carbocycles. The number of aromatic nitrogens is 2. The van der Waals surface area contributed by atoms with Crippen LogP contribution in [0.4, 0.5) is 52.7 Å². The number of hydrogen-bond acceptors (Lipinski definition) is 0. The van der Waals surface area contributed by atoms with Crippen LogP contribution in [0.15, 0.2) is 315 Å². The minimum atomic E-state index is -4.51. The molecule has 2 heterocycles. The van der Waals surface area contributed by atoms with E-state index in [0.29, 0.717) is 44.5 Å². The summed E-state index contributed by atoms with van der Waals surface area (Å²) < 4.78 is 168. The fourth-order valence-corrected chi connectivity index (χ4v) is 14.8. The molecule has 0 radical (unpaired) electrons. The van der Waals surface area contributed by atoms with Crippen LogP contribution in [0.3, 0.4) is 0 Å². The molecule has 0 amide bonds. The smallest absolute Gasteiger partial charge is 0.309 e. The molecule has 0 N–H and O–H groups in total. The summed E-state index contributed by atoms with van der Waals surface area (Å²) in [6, 6.07) is 93.3. The third kappa shape index (κ3) is 11.7. The quantitative estimate of drug-likeness (QED) is 0.0954. The van der Waals surface area contributed by atoms with Crippen molar-refractivity contribution in [2.75, 3.05) is 0 Å². The van der Waals surface area contributed by atoms with Gasteiger partial charge in [-0.15, -0.1) is 0 Å². The van der Waals surface area contributed by atoms with Crippen LogP contribution in [0, 0.1) is 0 Å². The Morgan fingerprint density at radius 1 is 0.163 bits per heavy atom. The Hall–Kier alpha value is -12.4. The van der Waals surface area contributed by atoms with Crippen LogP contribution < -0.4 is 0 Å². The lowest BCUT2D eigenvalue weighted by Crippen LogP contribution is -2.03. The molecule has 2 aromatic heterocycles. The highest BCUT2D eigenvalue weighted by molar-refractivity contribution is 6.23. The molecule has 0 spiro atoms. The molecule has 17 rings (SSSR count). The average Bonchev–Trinajstić information content (AvgIpc) is 1.22. The van der Waals surface area contributed by atoms with Crippen LogP contribution in [-0.4, -0.2) is 9.13 Å². The second kappa shape index (κ2) is 24.7. The van der Waals surface area contributed by atoms with E-state index >= 15 is 0 Å². The fourth-order valence-electron chi connectivity index (χ4n) is 14.8. The van der Waals surface area contributed by atoms with Gasteiger partial charge in [0, 0.05) is 32.9 Å². The molecule has 0 saturated heterocycles. The molecular formula is C90H52F12N2. The zero-order valence-corrected chi connectivity index (χ0v) is 54.5. The first-order valence-corrected chi connectivity index (χ1v) is 33.3. The van der Waals surface area contributed by atoms with Crippen molar-refractivity contribution in [1.82, 2.24) is 9.13 Å². The highest BCUT2D eigenvalue weighted by Crippen LogP contribution is 2.48. The van der Waals surface area contributed by atoms with E-state index in [2.05, 4.69) is 94.1 Å². The highest BCUT2D eigenvalue weighted by Gasteiger charge is 2.33. The molecule has 2 nitrogen and oxygen atoms in total. The van der Waals surface area contributed by atoms with Crippen molar-refractivity contribution in [2.45, 2.75) is 24.7 Å². The predicted molar refractivity (Wildman–Crippen MR) is 394 cm³/mol. The number of hydrogen-bond donors (Lipinski definition) is 0. The Labute approximate surface area is 586 Å². The molecule has 104 heavy (non-hydrogen) atoms. The lowest BCUT2D eigenvalue weighted by molar-refractivity contribution is -0.138. The van der Waals surface area contributed by atoms with Gasteiger partial charge >= 0.3 is 24.7 Å². The minimum absolute atomic E-state index is 0.581. The van der Waals surface area contributed by atoms with Gasteiger partial charge in [0.15, 0.2) is 0 Å². The summed E-state index contributed by atoms with van der Waals surface area (Å²) in [6.45, 7) is 0. The fraction of sp³-hybridized carbons (Fsp3) is 0.0444. The average molecular weight is 1390 g/mol. The van der Waals surface area contributed by atoms with Crippen LogP contribution in [-0.2, 0) is 24.7 Å². The Morgan fingerprint density at radius 3 is 0.596 bits per heavy atom. The van der Waals surface area contributed by atoms with Gasteiger partial charge in [-0.1, -0.05) is 182 Å². The summed E-state index contributed by atoms with van der Waals surface area (Å²) in [6.07, 6.45) is -18.0. The third-order valence-electron chi connectivity index (χ3n) is 19.9. The van der Waals surface area contributed by atoms with Crippen molar-refractivity contribution in [3.8, 4) is 100 Å². The molecular weight excluding hydrogens is 1340 g/mol. The number of halogens is 12. The molecule has 0 atom stereocenters. The summed E-state index contributed by atoms with van der Waals surface area (Å²) in [4.78, 5) is 0. The summed E-state index contributed by atoms with van der Waals surface area (Å²) in [7, 11) is 0. The first kappa shape index (κ1) is 64.9. The molecule has 0 fully saturated rings. The first-order chi connectivity index (χ1) is 50.1. The lowest BCUT2D eigenvalue weighted by atomic mass is 9.84. The Morgan fingerprint density at radius 2 is 0.365 bits per heavy atom. The lowest BCUT2D eigenvalue weighted by Gasteiger charge is -2.20. The van der Waals surface area contributed by atoms with Crippen molar-refractivity contribution in [3.63, 3.8) is 0 Å². The topological polar surface area (TPSA) is 9.86 Å². The largest absolute Gasteiger partial charge is 0.416 e. The van der Waals surface area contributed by atoms with E-state index in [4.69, 9.17) is 0 Å². The van der Waals surface area contributed by atoms with Crippen LogP contribution in [0.1, 0.15) is 22.3 Å². The SMILES string of the molecule is FC(F)(F)c1ccc(-c2ccc3c(c2)c2cc(-c4ccc(C(F)(F)F)cc4)ccc2n3-c2ccc(-c3ccc4c(-c5ccccc5)c5cc(-c6ccc(-n7c8ccc(-c9ccc(C(F)(F)F)cc9)cc8c8cc(-c9ccc(C(F)(F)F)cc9)ccc87)cc6)ccc5c(-c5ccccc5)c4c3)cc2)cc1. The van der Waals surface area contributed by atoms with E-state index in [0.717, 1.165) is 170 Å². The second-order valence-electron chi connectivity index (χ2n) is 26.0. The molecule has 0 aliphatic rings. The van der Waals surface area contributed by atoms with Crippen molar-refractivity contribution >= 4 is 65.2 Å². The summed E-state index contributed by atoms with van der Waals surface area (Å²) in [5.74, 6) is 0. The Bertz CT molecular complexity index is 5580. The van der Waals surface area contributed by atoms with Crippen LogP contribution >= 0.6 is 0 Å². The zero-order chi connectivity index (χ0) is 71.6. The first-order valence-electron chi connectivity index (χ1n) is 33.3. The van der Waals surface area contributed by atoms with Crippen molar-refractivity contribution in [1.29, 1.82) is 0 Å². The van der Waals surface area contributed by atoms with Gasteiger partial charge in [-0.2, -0.15) is 52.7 Å². The maximum Gasteiger partial charge on any atom is 0.416 e. The van der Waals surface area contributed by atoms with Crippen LogP contribution in [0.2, 0.25) is 0 Å². The van der Waals surface area contributed by atoms with Gasteiger partial charge in [-0.3, -0.25) is 0 Å². The van der Waals surface area contributed by atoms with Crippen LogP contribution in [0.25, 0.3) is 166 Å². The zero-order valence-electron chi connectivity index (χ0n) is 54.5. The number of fused-ring (bicyclic) bond motifs is 8. The van der Waals surface area contributed by atoms with Crippen LogP contribution in [0.5, 0.6) is 0 Å². The monoisotopic (exact) mass is 1390 g/mol. The van der Waals surface area contributed by atoms with Gasteiger partial charge in [-0.25, -0.2) is 0 Å². The van der Waals surface area contributed by atoms with E-state index < -0.39 is 47.0 Å². The molecule has 17 aromatic rings. The van der Waals surface area contributed by atoms with Crippen molar-refractivity contribution in [2.24, 2.45) is 0 Å². The van der Waals surface area contributed by atoms with Gasteiger partial charge in [0.2, 0.25) is 0 Å². The van der Waals surface area contributed by atoms with E-state index in [1.54, 1.807) is 0 Å². The van der Waals surface area contributed by atoms with Crippen molar-refractivity contribution < 1.29 is 52.7 Å². The van der Waals surface area contributed by atoms with E-state index in [-0.39, 0.29) is 0 Å². The van der Waals surface area contributed by atoms with Gasteiger partial charge < -0.3 is 9.13 Å². The van der Waals surface area contributed by atoms with E-state index in [9.17, 15) is 52.7 Å². The number of nitrogens with zero attached hydrogens (tertiary/aromatic N) is 2.